The summed E-state index contributed by atoms with van der Waals surface area (Å²) < 4.78 is 33.4. The Balaban J connectivity index is 1.72. The number of hydrogen-bond acceptors (Lipinski definition) is 6. The van der Waals surface area contributed by atoms with Gasteiger partial charge in [0.1, 0.15) is 5.78 Å². The summed E-state index contributed by atoms with van der Waals surface area (Å²) in [4.78, 5) is 12.4. The molecular weight excluding hydrogens is 344 g/mol. The summed E-state index contributed by atoms with van der Waals surface area (Å²) in [5.74, 6) is -0.984. The lowest BCUT2D eigenvalue weighted by atomic mass is 9.64. The largest absolute Gasteiger partial charge is 0.512 e. The highest BCUT2D eigenvalue weighted by Gasteiger charge is 2.59. The number of aliphatic hydroxyl groups is 1. The van der Waals surface area contributed by atoms with Gasteiger partial charge in [0.05, 0.1) is 12.2 Å². The molecule has 1 aliphatic heterocycles. The maximum Gasteiger partial charge on any atom is 0.405 e. The minimum Gasteiger partial charge on any atom is -0.512 e. The minimum absolute atomic E-state index is 0.0269. The van der Waals surface area contributed by atoms with Crippen LogP contribution in [0.3, 0.4) is 0 Å². The SMILES string of the molecule is C[C@]12CCc3c(ccc4c3C3(CC(O)=C4)OS(=O)(=O)O3)[C@@H]1CCC2=O. The fourth-order valence-corrected chi connectivity index (χ4v) is 6.11. The van der Waals surface area contributed by atoms with Gasteiger partial charge in [-0.2, -0.15) is 8.42 Å². The molecule has 4 aliphatic rings. The number of carbonyl (C=O) groups is 1. The normalized spacial score (nSPS) is 33.9. The third kappa shape index (κ3) is 1.91. The van der Waals surface area contributed by atoms with E-state index in [2.05, 4.69) is 0 Å². The van der Waals surface area contributed by atoms with Gasteiger partial charge in [-0.15, -0.1) is 0 Å². The second-order valence-corrected chi connectivity index (χ2v) is 8.82. The highest BCUT2D eigenvalue weighted by molar-refractivity contribution is 7.82. The number of hydrogen-bond donors (Lipinski definition) is 1. The molecule has 1 heterocycles. The monoisotopic (exact) mass is 362 g/mol. The summed E-state index contributed by atoms with van der Waals surface area (Å²) in [6.07, 6.45) is 4.40. The number of fused-ring (bicyclic) bond motifs is 6. The highest BCUT2D eigenvalue weighted by Crippen LogP contribution is 2.58. The second-order valence-electron chi connectivity index (χ2n) is 7.67. The molecule has 1 aromatic rings. The number of aliphatic hydroxyl groups excluding tert-OH is 1. The number of ketones is 1. The standard InChI is InChI=1S/C18H18O6S/c1-17-7-6-13-12(14(17)4-5-15(17)20)3-2-10-8-11(19)9-18(16(10)13)23-25(21,22)24-18/h2-3,8,14,19H,4-7,9H2,1H3/t14-,17-/m0/s1. The van der Waals surface area contributed by atoms with E-state index in [9.17, 15) is 18.3 Å². The maximum absolute atomic E-state index is 12.4. The Morgan fingerprint density at radius 1 is 1.24 bits per heavy atom. The predicted molar refractivity (Wildman–Crippen MR) is 87.8 cm³/mol. The van der Waals surface area contributed by atoms with Gasteiger partial charge in [0.15, 0.2) is 0 Å². The van der Waals surface area contributed by atoms with Crippen molar-refractivity contribution >= 4 is 22.3 Å². The van der Waals surface area contributed by atoms with Gasteiger partial charge in [-0.25, -0.2) is 8.37 Å². The Hall–Kier alpha value is -1.70. The van der Waals surface area contributed by atoms with Crippen molar-refractivity contribution in [1.82, 2.24) is 0 Å². The van der Waals surface area contributed by atoms with E-state index in [0.717, 1.165) is 24.0 Å². The zero-order valence-electron chi connectivity index (χ0n) is 13.7. The van der Waals surface area contributed by atoms with Gasteiger partial charge in [-0.3, -0.25) is 4.79 Å². The Morgan fingerprint density at radius 3 is 2.72 bits per heavy atom. The fourth-order valence-electron chi connectivity index (χ4n) is 5.15. The van der Waals surface area contributed by atoms with Crippen LogP contribution in [0.1, 0.15) is 60.8 Å². The Labute approximate surface area is 145 Å². The second kappa shape index (κ2) is 4.52. The quantitative estimate of drug-likeness (QED) is 0.763. The molecule has 0 bridgehead atoms. The molecule has 0 radical (unpaired) electrons. The van der Waals surface area contributed by atoms with Gasteiger partial charge >= 0.3 is 10.4 Å². The van der Waals surface area contributed by atoms with Crippen molar-refractivity contribution in [1.29, 1.82) is 0 Å². The Morgan fingerprint density at radius 2 is 2.00 bits per heavy atom. The van der Waals surface area contributed by atoms with E-state index in [0.29, 0.717) is 29.8 Å². The van der Waals surface area contributed by atoms with Crippen LogP contribution in [0.5, 0.6) is 0 Å². The number of rotatable bonds is 0. The smallest absolute Gasteiger partial charge is 0.405 e. The summed E-state index contributed by atoms with van der Waals surface area (Å²) in [7, 11) is -4.01. The van der Waals surface area contributed by atoms with Gasteiger partial charge in [0.25, 0.3) is 0 Å². The van der Waals surface area contributed by atoms with Crippen LogP contribution in [-0.4, -0.2) is 19.3 Å². The van der Waals surface area contributed by atoms with E-state index in [-0.39, 0.29) is 23.5 Å². The molecule has 2 fully saturated rings. The van der Waals surface area contributed by atoms with E-state index in [1.54, 1.807) is 6.08 Å². The molecule has 7 heteroatoms. The van der Waals surface area contributed by atoms with E-state index < -0.39 is 16.2 Å². The topological polar surface area (TPSA) is 89.9 Å². The lowest BCUT2D eigenvalue weighted by Crippen LogP contribution is -2.50. The molecule has 2 atom stereocenters. The molecule has 3 aliphatic carbocycles. The molecule has 0 aromatic heterocycles. The van der Waals surface area contributed by atoms with Gasteiger partial charge in [-0.1, -0.05) is 19.1 Å². The molecule has 1 N–H and O–H groups in total. The maximum atomic E-state index is 12.4. The molecule has 6 nitrogen and oxygen atoms in total. The molecule has 0 unspecified atom stereocenters. The number of Topliss-reactive ketones (excluding diaryl/α,β-unsaturated/α-hetero) is 1. The van der Waals surface area contributed by atoms with E-state index in [4.69, 9.17) is 8.37 Å². The molecule has 132 valence electrons. The third-order valence-corrected chi connectivity index (χ3v) is 7.25. The van der Waals surface area contributed by atoms with Crippen molar-refractivity contribution in [3.63, 3.8) is 0 Å². The number of carbonyl (C=O) groups excluding carboxylic acids is 1. The molecule has 25 heavy (non-hydrogen) atoms. The van der Waals surface area contributed by atoms with E-state index >= 15 is 0 Å². The molecule has 1 spiro atoms. The van der Waals surface area contributed by atoms with Crippen LogP contribution in [-0.2, 0) is 35.8 Å². The van der Waals surface area contributed by atoms with Crippen molar-refractivity contribution < 1.29 is 26.7 Å². The summed E-state index contributed by atoms with van der Waals surface area (Å²) >= 11 is 0. The Bertz CT molecular complexity index is 948. The van der Waals surface area contributed by atoms with Gasteiger partial charge in [0, 0.05) is 17.4 Å². The first-order chi connectivity index (χ1) is 11.7. The van der Waals surface area contributed by atoms with Crippen LogP contribution in [0.25, 0.3) is 6.08 Å². The van der Waals surface area contributed by atoms with Crippen LogP contribution in [0.15, 0.2) is 17.9 Å². The lowest BCUT2D eigenvalue weighted by Gasteiger charge is -2.45. The molecule has 1 aromatic carbocycles. The van der Waals surface area contributed by atoms with Crippen molar-refractivity contribution in [2.75, 3.05) is 0 Å². The zero-order chi connectivity index (χ0) is 17.6. The van der Waals surface area contributed by atoms with Crippen LogP contribution >= 0.6 is 0 Å². The first-order valence-corrected chi connectivity index (χ1v) is 9.83. The van der Waals surface area contributed by atoms with Crippen LogP contribution in [0.4, 0.5) is 0 Å². The number of benzene rings is 1. The van der Waals surface area contributed by atoms with Gasteiger partial charge in [-0.05, 0) is 47.9 Å². The molecule has 1 saturated carbocycles. The summed E-state index contributed by atoms with van der Waals surface area (Å²) in [5.41, 5.74) is 3.16. The lowest BCUT2D eigenvalue weighted by molar-refractivity contribution is -0.200. The minimum atomic E-state index is -4.01. The summed E-state index contributed by atoms with van der Waals surface area (Å²) in [6.45, 7) is 2.04. The first-order valence-electron chi connectivity index (χ1n) is 8.49. The average molecular weight is 362 g/mol. The third-order valence-electron chi connectivity index (χ3n) is 6.31. The van der Waals surface area contributed by atoms with E-state index in [1.807, 2.05) is 19.1 Å². The van der Waals surface area contributed by atoms with Crippen molar-refractivity contribution in [2.24, 2.45) is 5.41 Å². The molecule has 5 rings (SSSR count). The van der Waals surface area contributed by atoms with Crippen LogP contribution < -0.4 is 0 Å². The van der Waals surface area contributed by atoms with Gasteiger partial charge in [0.2, 0.25) is 5.79 Å². The summed E-state index contributed by atoms with van der Waals surface area (Å²) in [6, 6.07) is 3.86. The van der Waals surface area contributed by atoms with Crippen molar-refractivity contribution in [3.05, 3.63) is 40.1 Å². The van der Waals surface area contributed by atoms with E-state index in [1.165, 1.54) is 0 Å². The predicted octanol–water partition coefficient (Wildman–Crippen LogP) is 2.83. The molecule has 1 saturated heterocycles. The first kappa shape index (κ1) is 15.5. The zero-order valence-corrected chi connectivity index (χ0v) is 14.6. The summed E-state index contributed by atoms with van der Waals surface area (Å²) in [5, 5.41) is 10.0. The fraction of sp³-hybridized carbons (Fsp3) is 0.500. The van der Waals surface area contributed by atoms with Crippen LogP contribution in [0.2, 0.25) is 0 Å². The van der Waals surface area contributed by atoms with Crippen molar-refractivity contribution in [3.8, 4) is 0 Å². The molecular formula is C18H18O6S. The highest BCUT2D eigenvalue weighted by atomic mass is 32.3. The molecule has 0 amide bonds. The average Bonchev–Trinajstić information content (AvgIpc) is 2.80. The Kier molecular flexibility index (Phi) is 2.81. The van der Waals surface area contributed by atoms with Gasteiger partial charge < -0.3 is 5.11 Å². The van der Waals surface area contributed by atoms with Crippen molar-refractivity contribution in [2.45, 2.75) is 50.7 Å². The van der Waals surface area contributed by atoms with Crippen LogP contribution in [0, 0.1) is 5.41 Å².